The van der Waals surface area contributed by atoms with E-state index in [-0.39, 0.29) is 0 Å². The molecule has 1 atom stereocenters. The highest BCUT2D eigenvalue weighted by molar-refractivity contribution is 9.10. The van der Waals surface area contributed by atoms with Gasteiger partial charge in [-0.2, -0.15) is 0 Å². The highest BCUT2D eigenvalue weighted by Crippen LogP contribution is 2.35. The molecule has 1 nitrogen and oxygen atoms in total. The molecule has 1 unspecified atom stereocenters. The van der Waals surface area contributed by atoms with Gasteiger partial charge in [0.2, 0.25) is 0 Å². The van der Waals surface area contributed by atoms with Crippen molar-refractivity contribution >= 4 is 27.5 Å². The molecule has 0 amide bonds. The van der Waals surface area contributed by atoms with Crippen molar-refractivity contribution in [3.05, 3.63) is 45.4 Å². The van der Waals surface area contributed by atoms with Crippen LogP contribution >= 0.6 is 27.5 Å². The quantitative estimate of drug-likeness (QED) is 0.892. The van der Waals surface area contributed by atoms with Crippen LogP contribution < -0.4 is 5.32 Å². The van der Waals surface area contributed by atoms with Crippen LogP contribution in [0.4, 0.5) is 0 Å². The maximum absolute atomic E-state index is 5.75. The molecule has 0 aromatic heterocycles. The third-order valence-corrected chi connectivity index (χ3v) is 3.63. The lowest BCUT2D eigenvalue weighted by Crippen LogP contribution is -2.20. The zero-order valence-corrected chi connectivity index (χ0v) is 10.7. The first kappa shape index (κ1) is 11.2. The van der Waals surface area contributed by atoms with Gasteiger partial charge in [0.1, 0.15) is 0 Å². The monoisotopic (exact) mass is 285 g/mol. The van der Waals surface area contributed by atoms with E-state index in [1.165, 1.54) is 15.6 Å². The average Bonchev–Trinajstić information content (AvgIpc) is 2.59. The van der Waals surface area contributed by atoms with Gasteiger partial charge in [0, 0.05) is 22.1 Å². The van der Waals surface area contributed by atoms with Gasteiger partial charge in [0.05, 0.1) is 0 Å². The topological polar surface area (TPSA) is 12.0 Å². The van der Waals surface area contributed by atoms with E-state index in [0.29, 0.717) is 17.6 Å². The molecule has 0 aliphatic heterocycles. The largest absolute Gasteiger partial charge is 0.305 e. The number of rotatable bonds is 3. The zero-order chi connectivity index (χ0) is 10.8. The Morgan fingerprint density at radius 2 is 2.40 bits per heavy atom. The molecule has 1 N–H and O–H groups in total. The van der Waals surface area contributed by atoms with E-state index in [1.54, 1.807) is 0 Å². The number of hydrogen-bond donors (Lipinski definition) is 1. The molecule has 3 heteroatoms. The molecule has 1 aromatic rings. The highest BCUT2D eigenvalue weighted by Gasteiger charge is 2.23. The van der Waals surface area contributed by atoms with Crippen molar-refractivity contribution in [1.29, 1.82) is 0 Å². The summed E-state index contributed by atoms with van der Waals surface area (Å²) >= 11 is 9.33. The van der Waals surface area contributed by atoms with E-state index >= 15 is 0 Å². The summed E-state index contributed by atoms with van der Waals surface area (Å²) < 4.78 is 1.22. The SMILES string of the molecule is C=C(Cl)CNC1CCc2c(Br)cccc21. The summed E-state index contributed by atoms with van der Waals surface area (Å²) in [6.07, 6.45) is 2.27. The van der Waals surface area contributed by atoms with E-state index < -0.39 is 0 Å². The fraction of sp³-hybridized carbons (Fsp3) is 0.333. The van der Waals surface area contributed by atoms with Gasteiger partial charge in [-0.3, -0.25) is 0 Å². The summed E-state index contributed by atoms with van der Waals surface area (Å²) in [4.78, 5) is 0. The zero-order valence-electron chi connectivity index (χ0n) is 8.39. The van der Waals surface area contributed by atoms with Gasteiger partial charge in [0.25, 0.3) is 0 Å². The minimum atomic E-state index is 0.424. The molecular weight excluding hydrogens is 273 g/mol. The van der Waals surface area contributed by atoms with Crippen LogP contribution in [0.15, 0.2) is 34.3 Å². The van der Waals surface area contributed by atoms with E-state index in [1.807, 2.05) is 0 Å². The minimum absolute atomic E-state index is 0.424. The first-order valence-electron chi connectivity index (χ1n) is 5.02. The summed E-state index contributed by atoms with van der Waals surface area (Å²) in [5.74, 6) is 0. The van der Waals surface area contributed by atoms with E-state index in [2.05, 4.69) is 46.0 Å². The Bertz CT molecular complexity index is 389. The smallest absolute Gasteiger partial charge is 0.0329 e. The fourth-order valence-electron chi connectivity index (χ4n) is 2.06. The van der Waals surface area contributed by atoms with Crippen LogP contribution in [0, 0.1) is 0 Å². The maximum atomic E-state index is 5.75. The molecule has 2 rings (SSSR count). The van der Waals surface area contributed by atoms with Crippen molar-refractivity contribution < 1.29 is 0 Å². The third kappa shape index (κ3) is 2.44. The Labute approximate surface area is 104 Å². The molecule has 15 heavy (non-hydrogen) atoms. The van der Waals surface area contributed by atoms with Crippen molar-refractivity contribution in [3.63, 3.8) is 0 Å². The second-order valence-electron chi connectivity index (χ2n) is 3.80. The molecule has 1 aromatic carbocycles. The summed E-state index contributed by atoms with van der Waals surface area (Å²) in [5, 5.41) is 4.08. The molecule has 0 spiro atoms. The van der Waals surface area contributed by atoms with Crippen LogP contribution in [0.25, 0.3) is 0 Å². The molecule has 1 aliphatic carbocycles. The van der Waals surface area contributed by atoms with Gasteiger partial charge in [-0.05, 0) is 30.0 Å². The highest BCUT2D eigenvalue weighted by atomic mass is 79.9. The summed E-state index contributed by atoms with van der Waals surface area (Å²) in [6, 6.07) is 6.79. The summed E-state index contributed by atoms with van der Waals surface area (Å²) in [5.41, 5.74) is 2.82. The molecule has 0 bridgehead atoms. The van der Waals surface area contributed by atoms with Crippen molar-refractivity contribution in [1.82, 2.24) is 5.32 Å². The molecule has 0 radical (unpaired) electrons. The molecule has 1 aliphatic rings. The lowest BCUT2D eigenvalue weighted by Gasteiger charge is -2.13. The van der Waals surface area contributed by atoms with Crippen molar-refractivity contribution in [2.45, 2.75) is 18.9 Å². The number of hydrogen-bond acceptors (Lipinski definition) is 1. The van der Waals surface area contributed by atoms with Crippen LogP contribution in [0.5, 0.6) is 0 Å². The van der Waals surface area contributed by atoms with Crippen molar-refractivity contribution in [2.24, 2.45) is 0 Å². The van der Waals surface area contributed by atoms with Gasteiger partial charge >= 0.3 is 0 Å². The van der Waals surface area contributed by atoms with E-state index in [0.717, 1.165) is 12.8 Å². The van der Waals surface area contributed by atoms with Crippen molar-refractivity contribution in [2.75, 3.05) is 6.54 Å². The Kier molecular flexibility index (Phi) is 3.49. The van der Waals surface area contributed by atoms with E-state index in [9.17, 15) is 0 Å². The van der Waals surface area contributed by atoms with Crippen LogP contribution in [-0.2, 0) is 6.42 Å². The molecule has 0 fully saturated rings. The fourth-order valence-corrected chi connectivity index (χ4v) is 2.71. The average molecular weight is 287 g/mol. The molecule has 0 saturated carbocycles. The van der Waals surface area contributed by atoms with Crippen LogP contribution in [0.1, 0.15) is 23.6 Å². The molecule has 0 saturated heterocycles. The molecule has 80 valence electrons. The number of nitrogens with one attached hydrogen (secondary N) is 1. The van der Waals surface area contributed by atoms with Crippen molar-refractivity contribution in [3.8, 4) is 0 Å². The lowest BCUT2D eigenvalue weighted by molar-refractivity contribution is 0.562. The minimum Gasteiger partial charge on any atom is -0.305 e. The Morgan fingerprint density at radius 1 is 1.60 bits per heavy atom. The van der Waals surface area contributed by atoms with Crippen LogP contribution in [0.2, 0.25) is 0 Å². The molecule has 0 heterocycles. The number of halogens is 2. The number of fused-ring (bicyclic) bond motifs is 1. The van der Waals surface area contributed by atoms with Gasteiger partial charge in [-0.15, -0.1) is 0 Å². The van der Waals surface area contributed by atoms with Gasteiger partial charge in [-0.1, -0.05) is 46.2 Å². The predicted octanol–water partition coefficient (Wildman–Crippen LogP) is 3.78. The van der Waals surface area contributed by atoms with Gasteiger partial charge < -0.3 is 5.32 Å². The Balaban J connectivity index is 2.14. The third-order valence-electron chi connectivity index (χ3n) is 2.75. The van der Waals surface area contributed by atoms with Gasteiger partial charge in [-0.25, -0.2) is 0 Å². The molecular formula is C12H13BrClN. The second-order valence-corrected chi connectivity index (χ2v) is 5.19. The second kappa shape index (κ2) is 4.69. The normalized spacial score (nSPS) is 18.9. The first-order chi connectivity index (χ1) is 7.18. The van der Waals surface area contributed by atoms with Gasteiger partial charge in [0.15, 0.2) is 0 Å². The van der Waals surface area contributed by atoms with Crippen LogP contribution in [-0.4, -0.2) is 6.54 Å². The summed E-state index contributed by atoms with van der Waals surface area (Å²) in [6.45, 7) is 4.36. The Morgan fingerprint density at radius 3 is 3.13 bits per heavy atom. The Hall–Kier alpha value is -0.310. The summed E-state index contributed by atoms with van der Waals surface area (Å²) in [7, 11) is 0. The maximum Gasteiger partial charge on any atom is 0.0329 e. The standard InChI is InChI=1S/C12H13BrClN/c1-8(14)7-15-12-6-5-9-10(12)3-2-4-11(9)13/h2-4,12,15H,1,5-7H2. The lowest BCUT2D eigenvalue weighted by atomic mass is 10.1. The predicted molar refractivity (Wildman–Crippen MR) is 68.2 cm³/mol. The first-order valence-corrected chi connectivity index (χ1v) is 6.19. The number of benzene rings is 1. The van der Waals surface area contributed by atoms with E-state index in [4.69, 9.17) is 11.6 Å². The van der Waals surface area contributed by atoms with Crippen LogP contribution in [0.3, 0.4) is 0 Å².